The van der Waals surface area contributed by atoms with Crippen LogP contribution in [-0.4, -0.2) is 33.1 Å². The Morgan fingerprint density at radius 1 is 1.19 bits per heavy atom. The number of halogens is 1. The predicted octanol–water partition coefficient (Wildman–Crippen LogP) is 3.43. The van der Waals surface area contributed by atoms with Gasteiger partial charge in [-0.15, -0.1) is 11.8 Å². The van der Waals surface area contributed by atoms with Crippen molar-refractivity contribution in [2.75, 3.05) is 10.6 Å². The Balaban J connectivity index is 1.96. The molecule has 9 heteroatoms. The molecule has 140 valence electrons. The van der Waals surface area contributed by atoms with Gasteiger partial charge in [-0.3, -0.25) is 9.59 Å². The quantitative estimate of drug-likeness (QED) is 0.481. The van der Waals surface area contributed by atoms with Gasteiger partial charge in [-0.1, -0.05) is 17.7 Å². The molecule has 0 radical (unpaired) electrons. The summed E-state index contributed by atoms with van der Waals surface area (Å²) in [5.41, 5.74) is 0.493. The number of hydrogen-bond acceptors (Lipinski definition) is 5. The number of nitrogens with one attached hydrogen (secondary N) is 2. The molecule has 2 aromatic rings. The normalized spacial score (nSPS) is 11.8. The first-order valence-electron chi connectivity index (χ1n) is 7.74. The van der Waals surface area contributed by atoms with Gasteiger partial charge < -0.3 is 15.7 Å². The van der Waals surface area contributed by atoms with Crippen LogP contribution in [0.3, 0.4) is 0 Å². The Bertz CT molecular complexity index is 871. The van der Waals surface area contributed by atoms with Crippen molar-refractivity contribution in [3.8, 4) is 0 Å². The van der Waals surface area contributed by atoms with Crippen LogP contribution in [0.4, 0.5) is 11.5 Å². The minimum atomic E-state index is -1.20. The first-order valence-corrected chi connectivity index (χ1v) is 9.00. The molecule has 2 rings (SSSR count). The third-order valence-electron chi connectivity index (χ3n) is 3.14. The summed E-state index contributed by atoms with van der Waals surface area (Å²) >= 11 is 7.07. The highest BCUT2D eigenvalue weighted by atomic mass is 35.5. The molecular weight excluding hydrogens is 390 g/mol. The number of rotatable bonds is 7. The molecule has 3 N–H and O–H groups in total. The first kappa shape index (κ1) is 20.5. The fourth-order valence-electron chi connectivity index (χ4n) is 1.91. The molecule has 2 amide bonds. The number of carboxylic acids is 1. The minimum absolute atomic E-state index is 0.228. The number of thioether (sulfide) groups is 1. The highest BCUT2D eigenvalue weighted by molar-refractivity contribution is 8.00. The van der Waals surface area contributed by atoms with Crippen molar-refractivity contribution in [3.63, 3.8) is 0 Å². The Morgan fingerprint density at radius 2 is 1.96 bits per heavy atom. The molecule has 0 fully saturated rings. The number of benzene rings is 1. The van der Waals surface area contributed by atoms with E-state index in [2.05, 4.69) is 15.6 Å². The Labute approximate surface area is 164 Å². The summed E-state index contributed by atoms with van der Waals surface area (Å²) in [6.45, 7) is 1.75. The Kier molecular flexibility index (Phi) is 7.39. The van der Waals surface area contributed by atoms with Gasteiger partial charge in [0.15, 0.2) is 0 Å². The van der Waals surface area contributed by atoms with Gasteiger partial charge in [0, 0.05) is 28.9 Å². The van der Waals surface area contributed by atoms with Crippen molar-refractivity contribution >= 4 is 52.7 Å². The van der Waals surface area contributed by atoms with E-state index in [1.807, 2.05) is 0 Å². The summed E-state index contributed by atoms with van der Waals surface area (Å²) in [4.78, 5) is 39.1. The predicted molar refractivity (Wildman–Crippen MR) is 105 cm³/mol. The third-order valence-corrected chi connectivity index (χ3v) is 4.46. The van der Waals surface area contributed by atoms with Crippen molar-refractivity contribution in [2.45, 2.75) is 17.1 Å². The van der Waals surface area contributed by atoms with Crippen LogP contribution in [-0.2, 0) is 14.4 Å². The standard InChI is InChI=1S/C18H16ClN3O4S/c1-11(18(26)22-15-6-5-12(19)10-20-15)27-14-4-2-3-13(9-14)21-16(23)7-8-17(24)25/h2-11H,1H3,(H,21,23)(H,24,25)(H,20,22,26)/b8-7+. The fraction of sp³-hybridized carbons (Fsp3) is 0.111. The molecule has 1 unspecified atom stereocenters. The number of pyridine rings is 1. The van der Waals surface area contributed by atoms with Crippen molar-refractivity contribution in [3.05, 3.63) is 59.8 Å². The summed E-state index contributed by atoms with van der Waals surface area (Å²) in [5, 5.41) is 13.8. The Hall–Kier alpha value is -2.84. The van der Waals surface area contributed by atoms with Crippen LogP contribution < -0.4 is 10.6 Å². The smallest absolute Gasteiger partial charge is 0.328 e. The van der Waals surface area contributed by atoms with Crippen LogP contribution in [0.15, 0.2) is 59.6 Å². The number of carbonyl (C=O) groups is 3. The molecule has 7 nitrogen and oxygen atoms in total. The molecule has 0 aliphatic carbocycles. The highest BCUT2D eigenvalue weighted by Crippen LogP contribution is 2.26. The summed E-state index contributed by atoms with van der Waals surface area (Å²) in [5.74, 6) is -1.58. The monoisotopic (exact) mass is 405 g/mol. The molecule has 0 saturated carbocycles. The maximum Gasteiger partial charge on any atom is 0.328 e. The van der Waals surface area contributed by atoms with Gasteiger partial charge in [-0.05, 0) is 37.3 Å². The van der Waals surface area contributed by atoms with E-state index in [4.69, 9.17) is 16.7 Å². The molecule has 0 saturated heterocycles. The van der Waals surface area contributed by atoms with Gasteiger partial charge in [0.1, 0.15) is 5.82 Å². The maximum absolute atomic E-state index is 12.3. The molecule has 0 aliphatic rings. The molecule has 1 aromatic carbocycles. The minimum Gasteiger partial charge on any atom is -0.478 e. The topological polar surface area (TPSA) is 108 Å². The lowest BCUT2D eigenvalue weighted by atomic mass is 10.3. The molecular formula is C18H16ClN3O4S. The molecule has 27 heavy (non-hydrogen) atoms. The van der Waals surface area contributed by atoms with E-state index in [-0.39, 0.29) is 5.91 Å². The van der Waals surface area contributed by atoms with E-state index in [1.165, 1.54) is 18.0 Å². The Morgan fingerprint density at radius 3 is 2.63 bits per heavy atom. The number of hydrogen-bond donors (Lipinski definition) is 3. The number of amides is 2. The molecule has 1 aromatic heterocycles. The number of nitrogens with zero attached hydrogens (tertiary/aromatic N) is 1. The van der Waals surface area contributed by atoms with Crippen LogP contribution in [0.1, 0.15) is 6.92 Å². The third kappa shape index (κ3) is 7.12. The highest BCUT2D eigenvalue weighted by Gasteiger charge is 2.15. The number of aliphatic carboxylic acids is 1. The van der Waals surface area contributed by atoms with Crippen molar-refractivity contribution in [1.29, 1.82) is 0 Å². The molecule has 0 spiro atoms. The van der Waals surface area contributed by atoms with Gasteiger partial charge in [0.25, 0.3) is 0 Å². The number of carboxylic acid groups (broad SMARTS) is 1. The zero-order chi connectivity index (χ0) is 19.8. The van der Waals surface area contributed by atoms with E-state index < -0.39 is 17.1 Å². The van der Waals surface area contributed by atoms with Crippen LogP contribution in [0.2, 0.25) is 5.02 Å². The molecule has 1 atom stereocenters. The van der Waals surface area contributed by atoms with Gasteiger partial charge in [0.2, 0.25) is 11.8 Å². The van der Waals surface area contributed by atoms with Crippen LogP contribution in [0, 0.1) is 0 Å². The lowest BCUT2D eigenvalue weighted by Gasteiger charge is -2.12. The summed E-state index contributed by atoms with van der Waals surface area (Å²) in [6, 6.07) is 10.1. The van der Waals surface area contributed by atoms with Crippen LogP contribution in [0.5, 0.6) is 0 Å². The lowest BCUT2D eigenvalue weighted by molar-refractivity contribution is -0.131. The second-order valence-electron chi connectivity index (χ2n) is 5.30. The SMILES string of the molecule is CC(Sc1cccc(NC(=O)/C=C/C(=O)O)c1)C(=O)Nc1ccc(Cl)cn1. The summed E-state index contributed by atoms with van der Waals surface area (Å²) < 4.78 is 0. The number of aromatic nitrogens is 1. The first-order chi connectivity index (χ1) is 12.8. The second-order valence-corrected chi connectivity index (χ2v) is 7.15. The van der Waals surface area contributed by atoms with E-state index in [9.17, 15) is 14.4 Å². The van der Waals surface area contributed by atoms with Gasteiger partial charge in [0.05, 0.1) is 10.3 Å². The second kappa shape index (κ2) is 9.75. The van der Waals surface area contributed by atoms with Gasteiger partial charge >= 0.3 is 5.97 Å². The molecule has 0 aliphatic heterocycles. The van der Waals surface area contributed by atoms with E-state index in [0.717, 1.165) is 17.0 Å². The van der Waals surface area contributed by atoms with E-state index in [1.54, 1.807) is 43.3 Å². The summed E-state index contributed by atoms with van der Waals surface area (Å²) in [7, 11) is 0. The molecule has 0 bridgehead atoms. The number of carbonyl (C=O) groups excluding carboxylic acids is 2. The number of anilines is 2. The van der Waals surface area contributed by atoms with Crippen LogP contribution >= 0.6 is 23.4 Å². The molecule has 1 heterocycles. The van der Waals surface area contributed by atoms with Crippen molar-refractivity contribution in [1.82, 2.24) is 4.98 Å². The van der Waals surface area contributed by atoms with E-state index in [0.29, 0.717) is 16.5 Å². The zero-order valence-corrected chi connectivity index (χ0v) is 15.8. The maximum atomic E-state index is 12.3. The van der Waals surface area contributed by atoms with E-state index >= 15 is 0 Å². The largest absolute Gasteiger partial charge is 0.478 e. The average Bonchev–Trinajstić information content (AvgIpc) is 2.62. The van der Waals surface area contributed by atoms with Crippen LogP contribution in [0.25, 0.3) is 0 Å². The summed E-state index contributed by atoms with van der Waals surface area (Å²) in [6.07, 6.45) is 3.13. The van der Waals surface area contributed by atoms with Gasteiger partial charge in [-0.2, -0.15) is 0 Å². The lowest BCUT2D eigenvalue weighted by Crippen LogP contribution is -2.22. The average molecular weight is 406 g/mol. The van der Waals surface area contributed by atoms with Gasteiger partial charge in [-0.25, -0.2) is 9.78 Å². The van der Waals surface area contributed by atoms with Crippen molar-refractivity contribution < 1.29 is 19.5 Å². The zero-order valence-electron chi connectivity index (χ0n) is 14.2. The fourth-order valence-corrected chi connectivity index (χ4v) is 2.95. The van der Waals surface area contributed by atoms with Crippen molar-refractivity contribution in [2.24, 2.45) is 0 Å².